The Kier molecular flexibility index (Phi) is 4.87. The Balaban J connectivity index is 0.00000196. The van der Waals surface area contributed by atoms with E-state index in [0.717, 1.165) is 0 Å². The van der Waals surface area contributed by atoms with Crippen molar-refractivity contribution in [3.63, 3.8) is 0 Å². The highest BCUT2D eigenvalue weighted by Gasteiger charge is 2.27. The van der Waals surface area contributed by atoms with Gasteiger partial charge in [-0.15, -0.1) is 0 Å². The highest BCUT2D eigenvalue weighted by Crippen LogP contribution is 2.12. The normalized spacial score (nSPS) is 10.7. The Bertz CT molecular complexity index is 338. The smallest absolute Gasteiger partial charge is 0.184 e. The van der Waals surface area contributed by atoms with Crippen LogP contribution in [-0.2, 0) is 0 Å². The number of hydrogen-bond donors (Lipinski definition) is 2. The third-order valence-corrected chi connectivity index (χ3v) is 1.95. The van der Waals surface area contributed by atoms with Crippen molar-refractivity contribution in [2.45, 2.75) is 19.4 Å². The molecule has 0 heterocycles. The number of rotatable bonds is 3. The molecule has 0 aromatic heterocycles. The third kappa shape index (κ3) is 3.27. The standard InChI is InChI=1S/C10H12FNO2.ClH/c1-10(2,12-14)9(13)7-3-5-8(11)6-4-7;/h3-6,12,14H,1-2H3;1H/p-1. The van der Waals surface area contributed by atoms with Gasteiger partial charge in [0, 0.05) is 5.56 Å². The van der Waals surface area contributed by atoms with Crippen molar-refractivity contribution in [1.82, 2.24) is 5.48 Å². The molecule has 0 amide bonds. The van der Waals surface area contributed by atoms with E-state index in [1.54, 1.807) is 13.8 Å². The molecule has 5 heteroatoms. The van der Waals surface area contributed by atoms with Crippen LogP contribution in [0.1, 0.15) is 24.2 Å². The number of hydroxylamine groups is 1. The maximum Gasteiger partial charge on any atom is 0.184 e. The van der Waals surface area contributed by atoms with Gasteiger partial charge in [0.2, 0.25) is 0 Å². The van der Waals surface area contributed by atoms with Gasteiger partial charge < -0.3 is 17.6 Å². The van der Waals surface area contributed by atoms with E-state index >= 15 is 0 Å². The molecule has 2 N–H and O–H groups in total. The van der Waals surface area contributed by atoms with Gasteiger partial charge in [-0.2, -0.15) is 5.48 Å². The Morgan fingerprint density at radius 1 is 1.33 bits per heavy atom. The summed E-state index contributed by atoms with van der Waals surface area (Å²) in [6.07, 6.45) is 0. The van der Waals surface area contributed by atoms with Crippen molar-refractivity contribution in [1.29, 1.82) is 0 Å². The average Bonchev–Trinajstić information content (AvgIpc) is 2.18. The lowest BCUT2D eigenvalue weighted by molar-refractivity contribution is -0.0000150. The van der Waals surface area contributed by atoms with Crippen molar-refractivity contribution in [3.8, 4) is 0 Å². The molecule has 0 saturated heterocycles. The van der Waals surface area contributed by atoms with E-state index in [4.69, 9.17) is 5.21 Å². The van der Waals surface area contributed by atoms with Crippen LogP contribution in [0.15, 0.2) is 24.3 Å². The largest absolute Gasteiger partial charge is 1.00 e. The van der Waals surface area contributed by atoms with Gasteiger partial charge in [0.25, 0.3) is 0 Å². The predicted molar refractivity (Wildman–Crippen MR) is 49.7 cm³/mol. The minimum atomic E-state index is -1.06. The summed E-state index contributed by atoms with van der Waals surface area (Å²) in [5, 5.41) is 8.74. The fraction of sp³-hybridized carbons (Fsp3) is 0.300. The van der Waals surface area contributed by atoms with Crippen LogP contribution in [0, 0.1) is 5.82 Å². The van der Waals surface area contributed by atoms with Crippen LogP contribution >= 0.6 is 0 Å². The molecule has 0 radical (unpaired) electrons. The van der Waals surface area contributed by atoms with Crippen LogP contribution in [-0.4, -0.2) is 16.5 Å². The van der Waals surface area contributed by atoms with Crippen LogP contribution < -0.4 is 17.9 Å². The molecular formula is C10H12ClFNO2-. The molecule has 0 saturated carbocycles. The van der Waals surface area contributed by atoms with E-state index in [2.05, 4.69) is 0 Å². The predicted octanol–water partition coefficient (Wildman–Crippen LogP) is -1.23. The molecule has 0 atom stereocenters. The van der Waals surface area contributed by atoms with Crippen molar-refractivity contribution in [2.75, 3.05) is 0 Å². The second kappa shape index (κ2) is 5.21. The van der Waals surface area contributed by atoms with Gasteiger partial charge in [0.1, 0.15) is 11.4 Å². The fourth-order valence-electron chi connectivity index (χ4n) is 1.01. The van der Waals surface area contributed by atoms with Crippen LogP contribution in [0.2, 0.25) is 0 Å². The van der Waals surface area contributed by atoms with Gasteiger partial charge in [-0.1, -0.05) is 0 Å². The third-order valence-electron chi connectivity index (χ3n) is 1.95. The molecule has 0 fully saturated rings. The summed E-state index contributed by atoms with van der Waals surface area (Å²) in [4.78, 5) is 11.7. The van der Waals surface area contributed by atoms with Crippen LogP contribution in [0.5, 0.6) is 0 Å². The second-order valence-corrected chi connectivity index (χ2v) is 3.57. The molecule has 0 aliphatic rings. The molecule has 84 valence electrons. The van der Waals surface area contributed by atoms with Gasteiger partial charge in [0.05, 0.1) is 0 Å². The number of nitrogens with one attached hydrogen (secondary N) is 1. The van der Waals surface area contributed by atoms with Crippen LogP contribution in [0.4, 0.5) is 4.39 Å². The second-order valence-electron chi connectivity index (χ2n) is 3.57. The number of hydrogen-bond acceptors (Lipinski definition) is 3. The number of benzene rings is 1. The number of Topliss-reactive ketones (excluding diaryl/α,β-unsaturated/α-hetero) is 1. The van der Waals surface area contributed by atoms with Crippen molar-refractivity contribution < 1.29 is 26.8 Å². The van der Waals surface area contributed by atoms with Gasteiger partial charge >= 0.3 is 0 Å². The molecule has 0 spiro atoms. The van der Waals surface area contributed by atoms with Gasteiger partial charge in [-0.25, -0.2) is 4.39 Å². The highest BCUT2D eigenvalue weighted by atomic mass is 35.5. The quantitative estimate of drug-likeness (QED) is 0.507. The summed E-state index contributed by atoms with van der Waals surface area (Å²) in [6, 6.07) is 5.19. The summed E-state index contributed by atoms with van der Waals surface area (Å²) >= 11 is 0. The average molecular weight is 233 g/mol. The van der Waals surface area contributed by atoms with Gasteiger partial charge in [0.15, 0.2) is 5.78 Å². The number of carbonyl (C=O) groups is 1. The molecule has 0 unspecified atom stereocenters. The lowest BCUT2D eigenvalue weighted by Crippen LogP contribution is -3.00. The minimum absolute atomic E-state index is 0. The Labute approximate surface area is 93.7 Å². The highest BCUT2D eigenvalue weighted by molar-refractivity contribution is 6.02. The van der Waals surface area contributed by atoms with E-state index in [0.29, 0.717) is 5.56 Å². The molecule has 1 aromatic carbocycles. The van der Waals surface area contributed by atoms with E-state index in [9.17, 15) is 9.18 Å². The first-order chi connectivity index (χ1) is 6.47. The number of carbonyl (C=O) groups excluding carboxylic acids is 1. The zero-order valence-corrected chi connectivity index (χ0v) is 9.18. The summed E-state index contributed by atoms with van der Waals surface area (Å²) < 4.78 is 12.6. The topological polar surface area (TPSA) is 49.3 Å². The molecule has 0 aliphatic carbocycles. The van der Waals surface area contributed by atoms with Crippen LogP contribution in [0.25, 0.3) is 0 Å². The van der Waals surface area contributed by atoms with Crippen molar-refractivity contribution in [3.05, 3.63) is 35.6 Å². The first kappa shape index (κ1) is 14.0. The summed E-state index contributed by atoms with van der Waals surface area (Å²) in [5.41, 5.74) is 1.21. The number of ketones is 1. The van der Waals surface area contributed by atoms with Crippen molar-refractivity contribution >= 4 is 5.78 Å². The Hall–Kier alpha value is -0.970. The zero-order chi connectivity index (χ0) is 10.8. The van der Waals surface area contributed by atoms with E-state index in [1.165, 1.54) is 24.3 Å². The van der Waals surface area contributed by atoms with Crippen molar-refractivity contribution in [2.24, 2.45) is 0 Å². The summed E-state index contributed by atoms with van der Waals surface area (Å²) in [7, 11) is 0. The van der Waals surface area contributed by atoms with Gasteiger partial charge in [-0.3, -0.25) is 4.79 Å². The molecular weight excluding hydrogens is 221 g/mol. The maximum atomic E-state index is 12.6. The Morgan fingerprint density at radius 2 is 1.80 bits per heavy atom. The monoisotopic (exact) mass is 232 g/mol. The minimum Gasteiger partial charge on any atom is -1.00 e. The summed E-state index contributed by atoms with van der Waals surface area (Å²) in [6.45, 7) is 3.08. The molecule has 0 aliphatic heterocycles. The van der Waals surface area contributed by atoms with E-state index in [-0.39, 0.29) is 18.2 Å². The number of halogens is 2. The molecule has 3 nitrogen and oxygen atoms in total. The first-order valence-electron chi connectivity index (χ1n) is 4.19. The lowest BCUT2D eigenvalue weighted by Gasteiger charge is -2.20. The molecule has 1 rings (SSSR count). The molecule has 1 aromatic rings. The summed E-state index contributed by atoms with van der Waals surface area (Å²) in [5.74, 6) is -0.684. The SMILES string of the molecule is CC(C)(NO)C(=O)c1ccc(F)cc1.[Cl-]. The van der Waals surface area contributed by atoms with E-state index < -0.39 is 11.4 Å². The van der Waals surface area contributed by atoms with Crippen LogP contribution in [0.3, 0.4) is 0 Å². The zero-order valence-electron chi connectivity index (χ0n) is 8.42. The first-order valence-corrected chi connectivity index (χ1v) is 4.19. The maximum absolute atomic E-state index is 12.6. The lowest BCUT2D eigenvalue weighted by atomic mass is 9.94. The van der Waals surface area contributed by atoms with Gasteiger partial charge in [-0.05, 0) is 38.1 Å². The Morgan fingerprint density at radius 3 is 2.20 bits per heavy atom. The van der Waals surface area contributed by atoms with E-state index in [1.807, 2.05) is 5.48 Å². The molecule has 0 bridgehead atoms. The fourth-order valence-corrected chi connectivity index (χ4v) is 1.01. The molecule has 15 heavy (non-hydrogen) atoms.